The number of hydrogen-bond donors (Lipinski definition) is 3. The number of hydrogen-bond acceptors (Lipinski definition) is 3. The minimum absolute atomic E-state index is 0.00907. The summed E-state index contributed by atoms with van der Waals surface area (Å²) in [5, 5.41) is 17.2. The Morgan fingerprint density at radius 1 is 1.40 bits per heavy atom. The van der Waals surface area contributed by atoms with Gasteiger partial charge in [0.15, 0.2) is 17.4 Å². The molecule has 4 nitrogen and oxygen atoms in total. The number of aliphatic carboxylic acids is 1. The first-order valence-corrected chi connectivity index (χ1v) is 4.07. The molecule has 4 N–H and O–H groups in total. The monoisotopic (exact) mass is 217 g/mol. The summed E-state index contributed by atoms with van der Waals surface area (Å²) in [6.07, 6.45) is -0.441. The molecule has 0 aliphatic heterocycles. The maximum absolute atomic E-state index is 12.8. The van der Waals surface area contributed by atoms with Crippen molar-refractivity contribution in [1.29, 1.82) is 0 Å². The van der Waals surface area contributed by atoms with E-state index in [0.717, 1.165) is 12.1 Å². The number of halogens is 2. The third-order valence-electron chi connectivity index (χ3n) is 1.86. The minimum atomic E-state index is -1.17. The molecule has 0 aromatic heterocycles. The summed E-state index contributed by atoms with van der Waals surface area (Å²) in [4.78, 5) is 10.3. The highest BCUT2D eigenvalue weighted by atomic mass is 19.1. The predicted octanol–water partition coefficient (Wildman–Crippen LogP) is 1.14. The number of benzene rings is 1. The minimum Gasteiger partial charge on any atom is -0.503 e. The van der Waals surface area contributed by atoms with Gasteiger partial charge in [-0.2, -0.15) is 0 Å². The SMILES string of the molecule is NC(CC(=O)O)c1cc(F)c(O)c(F)c1. The van der Waals surface area contributed by atoms with Gasteiger partial charge in [-0.3, -0.25) is 4.79 Å². The standard InChI is InChI=1S/C9H9F2NO3/c10-5-1-4(2-6(11)9(5)15)7(12)3-8(13)14/h1-2,7,15H,3,12H2,(H,13,14). The smallest absolute Gasteiger partial charge is 0.305 e. The molecule has 1 unspecified atom stereocenters. The van der Waals surface area contributed by atoms with E-state index in [2.05, 4.69) is 0 Å². The molecule has 0 saturated carbocycles. The van der Waals surface area contributed by atoms with Crippen LogP contribution >= 0.6 is 0 Å². The molecule has 0 spiro atoms. The zero-order valence-electron chi connectivity index (χ0n) is 7.58. The average molecular weight is 217 g/mol. The summed E-state index contributed by atoms with van der Waals surface area (Å²) in [5.74, 6) is -4.59. The van der Waals surface area contributed by atoms with Crippen molar-refractivity contribution < 1.29 is 23.8 Å². The Morgan fingerprint density at radius 2 is 1.87 bits per heavy atom. The zero-order valence-corrected chi connectivity index (χ0v) is 7.58. The van der Waals surface area contributed by atoms with Gasteiger partial charge in [0.2, 0.25) is 0 Å². The molecule has 0 radical (unpaired) electrons. The lowest BCUT2D eigenvalue weighted by atomic mass is 10.0. The number of rotatable bonds is 3. The predicted molar refractivity (Wildman–Crippen MR) is 47.2 cm³/mol. The summed E-state index contributed by atoms with van der Waals surface area (Å²) >= 11 is 0. The molecule has 0 amide bonds. The maximum atomic E-state index is 12.8. The van der Waals surface area contributed by atoms with Crippen LogP contribution in [0.3, 0.4) is 0 Å². The first-order valence-electron chi connectivity index (χ1n) is 4.07. The van der Waals surface area contributed by atoms with E-state index in [1.54, 1.807) is 0 Å². The van der Waals surface area contributed by atoms with Crippen molar-refractivity contribution in [2.45, 2.75) is 12.5 Å². The molecular weight excluding hydrogens is 208 g/mol. The van der Waals surface area contributed by atoms with Crippen molar-refractivity contribution in [3.05, 3.63) is 29.3 Å². The maximum Gasteiger partial charge on any atom is 0.305 e. The third-order valence-corrected chi connectivity index (χ3v) is 1.86. The molecule has 1 rings (SSSR count). The van der Waals surface area contributed by atoms with Gasteiger partial charge >= 0.3 is 5.97 Å². The van der Waals surface area contributed by atoms with Crippen LogP contribution in [0.5, 0.6) is 5.75 Å². The van der Waals surface area contributed by atoms with Crippen molar-refractivity contribution in [2.75, 3.05) is 0 Å². The van der Waals surface area contributed by atoms with E-state index >= 15 is 0 Å². The van der Waals surface area contributed by atoms with Gasteiger partial charge in [-0.25, -0.2) is 8.78 Å². The molecule has 0 aliphatic rings. The molecule has 15 heavy (non-hydrogen) atoms. The van der Waals surface area contributed by atoms with Gasteiger partial charge < -0.3 is 15.9 Å². The highest BCUT2D eigenvalue weighted by Crippen LogP contribution is 2.25. The van der Waals surface area contributed by atoms with E-state index < -0.39 is 35.8 Å². The molecule has 1 aromatic carbocycles. The summed E-state index contributed by atoms with van der Waals surface area (Å²) in [6.45, 7) is 0. The van der Waals surface area contributed by atoms with Crippen molar-refractivity contribution in [3.8, 4) is 5.75 Å². The first kappa shape index (κ1) is 11.4. The lowest BCUT2D eigenvalue weighted by Crippen LogP contribution is -2.15. The van der Waals surface area contributed by atoms with Crippen LogP contribution in [0.25, 0.3) is 0 Å². The number of carbonyl (C=O) groups is 1. The largest absolute Gasteiger partial charge is 0.503 e. The quantitative estimate of drug-likeness (QED) is 0.709. The molecule has 1 atom stereocenters. The summed E-state index contributed by atoms with van der Waals surface area (Å²) < 4.78 is 25.7. The van der Waals surface area contributed by atoms with Crippen molar-refractivity contribution in [3.63, 3.8) is 0 Å². The van der Waals surface area contributed by atoms with E-state index in [-0.39, 0.29) is 5.56 Å². The van der Waals surface area contributed by atoms with Gasteiger partial charge in [0.1, 0.15) is 0 Å². The van der Waals surface area contributed by atoms with Crippen LogP contribution in [-0.2, 0) is 4.79 Å². The molecule has 6 heteroatoms. The number of carboxylic acid groups (broad SMARTS) is 1. The highest BCUT2D eigenvalue weighted by molar-refractivity contribution is 5.67. The normalized spacial score (nSPS) is 12.5. The second kappa shape index (κ2) is 4.22. The summed E-state index contributed by atoms with van der Waals surface area (Å²) in [7, 11) is 0. The van der Waals surface area contributed by atoms with E-state index in [0.29, 0.717) is 0 Å². The van der Waals surface area contributed by atoms with Gasteiger partial charge in [-0.1, -0.05) is 0 Å². The molecule has 1 aromatic rings. The Hall–Kier alpha value is -1.69. The van der Waals surface area contributed by atoms with E-state index in [9.17, 15) is 13.6 Å². The fraction of sp³-hybridized carbons (Fsp3) is 0.222. The van der Waals surface area contributed by atoms with E-state index in [1.807, 2.05) is 0 Å². The topological polar surface area (TPSA) is 83.6 Å². The lowest BCUT2D eigenvalue weighted by molar-refractivity contribution is -0.137. The number of aromatic hydroxyl groups is 1. The number of nitrogens with two attached hydrogens (primary N) is 1. The molecule has 0 aliphatic carbocycles. The number of carboxylic acids is 1. The Morgan fingerprint density at radius 3 is 2.27 bits per heavy atom. The number of phenols is 1. The summed E-state index contributed by atoms with van der Waals surface area (Å²) in [6, 6.07) is 0.616. The summed E-state index contributed by atoms with van der Waals surface area (Å²) in [5.41, 5.74) is 5.38. The van der Waals surface area contributed by atoms with Crippen LogP contribution < -0.4 is 5.73 Å². The molecule has 0 heterocycles. The Labute approximate surface area is 83.9 Å². The van der Waals surface area contributed by atoms with Crippen LogP contribution in [0.15, 0.2) is 12.1 Å². The third kappa shape index (κ3) is 2.63. The van der Waals surface area contributed by atoms with Gasteiger partial charge in [0.05, 0.1) is 6.42 Å². The fourth-order valence-corrected chi connectivity index (χ4v) is 1.11. The average Bonchev–Trinajstić information content (AvgIpc) is 2.12. The van der Waals surface area contributed by atoms with Crippen LogP contribution in [0, 0.1) is 11.6 Å². The molecule has 0 saturated heterocycles. The fourth-order valence-electron chi connectivity index (χ4n) is 1.11. The van der Waals surface area contributed by atoms with Crippen molar-refractivity contribution in [2.24, 2.45) is 5.73 Å². The number of phenolic OH excluding ortho intramolecular Hbond substituents is 1. The zero-order chi connectivity index (χ0) is 11.6. The van der Waals surface area contributed by atoms with E-state index in [4.69, 9.17) is 15.9 Å². The van der Waals surface area contributed by atoms with Crippen LogP contribution in [0.1, 0.15) is 18.0 Å². The van der Waals surface area contributed by atoms with Crippen molar-refractivity contribution in [1.82, 2.24) is 0 Å². The second-order valence-electron chi connectivity index (χ2n) is 3.04. The van der Waals surface area contributed by atoms with E-state index in [1.165, 1.54) is 0 Å². The molecule has 0 fully saturated rings. The Kier molecular flexibility index (Phi) is 3.21. The molecular formula is C9H9F2NO3. The van der Waals surface area contributed by atoms with Gasteiger partial charge in [-0.05, 0) is 17.7 Å². The van der Waals surface area contributed by atoms with Gasteiger partial charge in [0.25, 0.3) is 0 Å². The van der Waals surface area contributed by atoms with Crippen LogP contribution in [0.4, 0.5) is 8.78 Å². The highest BCUT2D eigenvalue weighted by Gasteiger charge is 2.16. The van der Waals surface area contributed by atoms with Crippen LogP contribution in [0.2, 0.25) is 0 Å². The Bertz CT molecular complexity index is 372. The lowest BCUT2D eigenvalue weighted by Gasteiger charge is -2.10. The Balaban J connectivity index is 3.00. The molecule has 82 valence electrons. The van der Waals surface area contributed by atoms with Crippen molar-refractivity contribution >= 4 is 5.97 Å². The first-order chi connectivity index (χ1) is 6.91. The van der Waals surface area contributed by atoms with Gasteiger partial charge in [0, 0.05) is 6.04 Å². The van der Waals surface area contributed by atoms with Crippen LogP contribution in [-0.4, -0.2) is 16.2 Å². The van der Waals surface area contributed by atoms with Gasteiger partial charge in [-0.15, -0.1) is 0 Å². The second-order valence-corrected chi connectivity index (χ2v) is 3.04. The molecule has 0 bridgehead atoms.